The average molecular weight is 410 g/mol. The number of carbonyl (C=O) groups is 1. The third-order valence-electron chi connectivity index (χ3n) is 4.27. The van der Waals surface area contributed by atoms with Crippen molar-refractivity contribution < 1.29 is 23.7 Å². The van der Waals surface area contributed by atoms with Gasteiger partial charge in [0.1, 0.15) is 11.4 Å². The predicted octanol–water partition coefficient (Wildman–Crippen LogP) is 2.88. The molecule has 1 aromatic heterocycles. The van der Waals surface area contributed by atoms with E-state index in [-0.39, 0.29) is 5.69 Å². The van der Waals surface area contributed by atoms with E-state index in [1.54, 1.807) is 25.3 Å². The number of methoxy groups -OCH3 is 4. The molecule has 0 radical (unpaired) electrons. The third-order valence-corrected chi connectivity index (χ3v) is 4.27. The smallest absolute Gasteiger partial charge is 0.289 e. The van der Waals surface area contributed by atoms with Crippen LogP contribution in [0.5, 0.6) is 23.0 Å². The number of aromatic amines is 1. The van der Waals surface area contributed by atoms with Gasteiger partial charge in [-0.2, -0.15) is 10.2 Å². The zero-order chi connectivity index (χ0) is 21.5. The highest BCUT2D eigenvalue weighted by Gasteiger charge is 2.14. The van der Waals surface area contributed by atoms with Crippen LogP contribution < -0.4 is 24.4 Å². The highest BCUT2D eigenvalue weighted by Crippen LogP contribution is 2.37. The molecule has 2 aromatic carbocycles. The predicted molar refractivity (Wildman–Crippen MR) is 112 cm³/mol. The second-order valence-corrected chi connectivity index (χ2v) is 6.02. The lowest BCUT2D eigenvalue weighted by Gasteiger charge is -2.12. The zero-order valence-corrected chi connectivity index (χ0v) is 17.1. The number of ether oxygens (including phenoxy) is 4. The van der Waals surface area contributed by atoms with Gasteiger partial charge in [0, 0.05) is 11.1 Å². The normalized spacial score (nSPS) is 10.7. The van der Waals surface area contributed by atoms with Crippen LogP contribution in [0.1, 0.15) is 16.1 Å². The second-order valence-electron chi connectivity index (χ2n) is 6.02. The van der Waals surface area contributed by atoms with Gasteiger partial charge < -0.3 is 18.9 Å². The van der Waals surface area contributed by atoms with Gasteiger partial charge in [-0.25, -0.2) is 5.43 Å². The van der Waals surface area contributed by atoms with Crippen molar-refractivity contribution >= 4 is 12.1 Å². The Labute approximate surface area is 173 Å². The summed E-state index contributed by atoms with van der Waals surface area (Å²) in [6.45, 7) is 0. The first-order valence-electron chi connectivity index (χ1n) is 8.93. The van der Waals surface area contributed by atoms with Crippen molar-refractivity contribution in [2.45, 2.75) is 0 Å². The van der Waals surface area contributed by atoms with Crippen molar-refractivity contribution in [3.63, 3.8) is 0 Å². The molecular weight excluding hydrogens is 388 g/mol. The molecule has 2 N–H and O–H groups in total. The molecule has 0 saturated carbocycles. The number of hydrogen-bond acceptors (Lipinski definition) is 7. The van der Waals surface area contributed by atoms with E-state index in [0.717, 1.165) is 5.56 Å². The van der Waals surface area contributed by atoms with Crippen LogP contribution in [0.3, 0.4) is 0 Å². The number of nitrogens with zero attached hydrogens (tertiary/aromatic N) is 2. The maximum Gasteiger partial charge on any atom is 0.289 e. The summed E-state index contributed by atoms with van der Waals surface area (Å²) in [5.74, 6) is 1.67. The molecule has 0 unspecified atom stereocenters. The first-order valence-corrected chi connectivity index (χ1v) is 8.93. The number of H-pyrrole nitrogens is 1. The fraction of sp³-hybridized carbons (Fsp3) is 0.190. The first kappa shape index (κ1) is 20.7. The van der Waals surface area contributed by atoms with Crippen molar-refractivity contribution in [3.05, 3.63) is 53.7 Å². The molecule has 3 rings (SSSR count). The summed E-state index contributed by atoms with van der Waals surface area (Å²) >= 11 is 0. The molecule has 156 valence electrons. The van der Waals surface area contributed by atoms with Gasteiger partial charge in [0.15, 0.2) is 11.5 Å². The lowest BCUT2D eigenvalue weighted by Crippen LogP contribution is -2.18. The number of carbonyl (C=O) groups excluding carboxylic acids is 1. The number of amides is 1. The van der Waals surface area contributed by atoms with Gasteiger partial charge in [-0.1, -0.05) is 12.1 Å². The number of rotatable bonds is 8. The molecular formula is C21H22N4O5. The molecule has 0 aliphatic carbocycles. The minimum atomic E-state index is -0.438. The van der Waals surface area contributed by atoms with Crippen molar-refractivity contribution in [1.82, 2.24) is 15.6 Å². The molecule has 1 heterocycles. The molecule has 30 heavy (non-hydrogen) atoms. The van der Waals surface area contributed by atoms with Crippen molar-refractivity contribution in [3.8, 4) is 34.3 Å². The van der Waals surface area contributed by atoms with Crippen LogP contribution in [0.25, 0.3) is 11.3 Å². The molecule has 0 atom stereocenters. The summed E-state index contributed by atoms with van der Waals surface area (Å²) in [6.07, 6.45) is 1.47. The Bertz CT molecular complexity index is 1040. The maximum atomic E-state index is 12.4. The quantitative estimate of drug-likeness (QED) is 0.437. The van der Waals surface area contributed by atoms with Crippen LogP contribution in [-0.2, 0) is 0 Å². The van der Waals surface area contributed by atoms with Crippen LogP contribution in [-0.4, -0.2) is 50.8 Å². The van der Waals surface area contributed by atoms with Gasteiger partial charge in [-0.15, -0.1) is 0 Å². The van der Waals surface area contributed by atoms with Gasteiger partial charge >= 0.3 is 0 Å². The fourth-order valence-electron chi connectivity index (χ4n) is 2.83. The summed E-state index contributed by atoms with van der Waals surface area (Å²) in [6, 6.07) is 12.5. The van der Waals surface area contributed by atoms with E-state index in [2.05, 4.69) is 20.7 Å². The summed E-state index contributed by atoms with van der Waals surface area (Å²) in [5.41, 5.74) is 4.74. The van der Waals surface area contributed by atoms with E-state index in [1.807, 2.05) is 24.3 Å². The average Bonchev–Trinajstić information content (AvgIpc) is 3.28. The monoisotopic (exact) mass is 410 g/mol. The lowest BCUT2D eigenvalue weighted by molar-refractivity contribution is 0.0950. The van der Waals surface area contributed by atoms with Crippen LogP contribution in [0.15, 0.2) is 47.6 Å². The molecule has 0 saturated heterocycles. The highest BCUT2D eigenvalue weighted by molar-refractivity contribution is 5.94. The minimum absolute atomic E-state index is 0.262. The maximum absolute atomic E-state index is 12.4. The Balaban J connectivity index is 1.73. The van der Waals surface area contributed by atoms with Gasteiger partial charge in [0.2, 0.25) is 5.75 Å². The number of hydrogen-bond donors (Lipinski definition) is 2. The van der Waals surface area contributed by atoms with E-state index in [4.69, 9.17) is 18.9 Å². The van der Waals surface area contributed by atoms with Crippen molar-refractivity contribution in [2.75, 3.05) is 28.4 Å². The Hall–Kier alpha value is -4.01. The van der Waals surface area contributed by atoms with E-state index >= 15 is 0 Å². The molecule has 0 fully saturated rings. The molecule has 0 aliphatic heterocycles. The highest BCUT2D eigenvalue weighted by atomic mass is 16.5. The SMILES string of the molecule is COc1ccccc1-c1cc(C(=O)N/N=C\c2cc(OC)c(OC)c(OC)c2)[nH]n1. The molecule has 9 nitrogen and oxygen atoms in total. The standard InChI is InChI=1S/C21H22N4O5/c1-27-17-8-6-5-7-14(17)15-11-16(24-23-15)21(26)25-22-12-13-9-18(28-2)20(30-4)19(10-13)29-3/h5-12H,1-4H3,(H,23,24)(H,25,26)/b22-12-. The van der Waals surface area contributed by atoms with Gasteiger partial charge in [0.25, 0.3) is 5.91 Å². The Morgan fingerprint density at radius 1 is 0.967 bits per heavy atom. The van der Waals surface area contributed by atoms with E-state index < -0.39 is 5.91 Å². The second kappa shape index (κ2) is 9.46. The fourth-order valence-corrected chi connectivity index (χ4v) is 2.83. The number of aromatic nitrogens is 2. The van der Waals surface area contributed by atoms with E-state index in [1.165, 1.54) is 27.5 Å². The Morgan fingerprint density at radius 3 is 2.27 bits per heavy atom. The largest absolute Gasteiger partial charge is 0.496 e. The lowest BCUT2D eigenvalue weighted by atomic mass is 10.1. The number of hydrazone groups is 1. The summed E-state index contributed by atoms with van der Waals surface area (Å²) in [5, 5.41) is 10.9. The number of nitrogens with one attached hydrogen (secondary N) is 2. The molecule has 1 amide bonds. The van der Waals surface area contributed by atoms with Crippen LogP contribution in [0.2, 0.25) is 0 Å². The third kappa shape index (κ3) is 4.35. The zero-order valence-electron chi connectivity index (χ0n) is 17.1. The minimum Gasteiger partial charge on any atom is -0.496 e. The molecule has 0 aliphatic rings. The first-order chi connectivity index (χ1) is 14.6. The Kier molecular flexibility index (Phi) is 6.53. The summed E-state index contributed by atoms with van der Waals surface area (Å²) in [4.78, 5) is 12.4. The summed E-state index contributed by atoms with van der Waals surface area (Å²) < 4.78 is 21.2. The Morgan fingerprint density at radius 2 is 1.63 bits per heavy atom. The van der Waals surface area contributed by atoms with Crippen LogP contribution >= 0.6 is 0 Å². The van der Waals surface area contributed by atoms with Gasteiger partial charge in [0.05, 0.1) is 40.3 Å². The van der Waals surface area contributed by atoms with Crippen molar-refractivity contribution in [1.29, 1.82) is 0 Å². The van der Waals surface area contributed by atoms with E-state index in [9.17, 15) is 4.79 Å². The summed E-state index contributed by atoms with van der Waals surface area (Å²) in [7, 11) is 6.16. The number of para-hydroxylation sites is 1. The van der Waals surface area contributed by atoms with Gasteiger partial charge in [-0.05, 0) is 30.3 Å². The molecule has 0 spiro atoms. The molecule has 3 aromatic rings. The van der Waals surface area contributed by atoms with Crippen molar-refractivity contribution in [2.24, 2.45) is 5.10 Å². The van der Waals surface area contributed by atoms with Crippen LogP contribution in [0.4, 0.5) is 0 Å². The molecule has 0 bridgehead atoms. The van der Waals surface area contributed by atoms with E-state index in [0.29, 0.717) is 34.3 Å². The number of benzene rings is 2. The van der Waals surface area contributed by atoms with Crippen LogP contribution in [0, 0.1) is 0 Å². The van der Waals surface area contributed by atoms with Gasteiger partial charge in [-0.3, -0.25) is 9.89 Å². The molecule has 9 heteroatoms. The topological polar surface area (TPSA) is 107 Å².